The lowest BCUT2D eigenvalue weighted by Gasteiger charge is -2.06. The fraction of sp³-hybridized carbons (Fsp3) is 0.167. The fourth-order valence-electron chi connectivity index (χ4n) is 1.61. The molecule has 2 rings (SSSR count). The molecule has 0 aliphatic heterocycles. The number of H-pyrrole nitrogens is 1. The van der Waals surface area contributed by atoms with E-state index in [-0.39, 0.29) is 28.0 Å². The minimum atomic E-state index is -0.632. The molecule has 0 aliphatic carbocycles. The quantitative estimate of drug-likeness (QED) is 0.880. The average molecular weight is 311 g/mol. The third-order valence-corrected chi connectivity index (χ3v) is 3.02. The predicted octanol–water partition coefficient (Wildman–Crippen LogP) is 2.83. The van der Waals surface area contributed by atoms with Gasteiger partial charge in [-0.25, -0.2) is 4.79 Å². The van der Waals surface area contributed by atoms with Crippen molar-refractivity contribution in [3.63, 3.8) is 0 Å². The second-order valence-corrected chi connectivity index (χ2v) is 4.48. The molecule has 0 unspecified atom stereocenters. The number of ether oxygens (including phenoxy) is 1. The minimum absolute atomic E-state index is 0.0136. The second-order valence-electron chi connectivity index (χ2n) is 3.67. The summed E-state index contributed by atoms with van der Waals surface area (Å²) in [4.78, 5) is 11.8. The number of nitriles is 1. The molecule has 2 aromatic rings. The maximum atomic E-state index is 11.8. The standard InChI is InChI=1S/C12H8Cl2N4O2/c1-2-20-12(19)11-10(16-18-17-11)9-7(13)3-6(5-15)4-8(9)14/h3-4H,2H2,1H3,(H,16,17,18). The van der Waals surface area contributed by atoms with E-state index in [4.69, 9.17) is 33.2 Å². The molecular formula is C12H8Cl2N4O2. The number of carbonyl (C=O) groups is 1. The maximum absolute atomic E-state index is 11.8. The number of hydrogen-bond donors (Lipinski definition) is 1. The molecule has 1 aromatic carbocycles. The van der Waals surface area contributed by atoms with Crippen LogP contribution >= 0.6 is 23.2 Å². The zero-order chi connectivity index (χ0) is 14.7. The molecule has 0 aliphatic rings. The van der Waals surface area contributed by atoms with Gasteiger partial charge in [-0.2, -0.15) is 15.6 Å². The van der Waals surface area contributed by atoms with Crippen LogP contribution in [0.2, 0.25) is 10.0 Å². The molecule has 1 aromatic heterocycles. The van der Waals surface area contributed by atoms with Crippen molar-refractivity contribution in [2.75, 3.05) is 6.61 Å². The summed E-state index contributed by atoms with van der Waals surface area (Å²) in [5.41, 5.74) is 0.803. The third-order valence-electron chi connectivity index (χ3n) is 2.42. The molecule has 0 radical (unpaired) electrons. The third kappa shape index (κ3) is 2.59. The van der Waals surface area contributed by atoms with Crippen LogP contribution in [0.1, 0.15) is 23.0 Å². The van der Waals surface area contributed by atoms with E-state index in [0.717, 1.165) is 0 Å². The molecule has 6 nitrogen and oxygen atoms in total. The van der Waals surface area contributed by atoms with Crippen LogP contribution in [0.3, 0.4) is 0 Å². The van der Waals surface area contributed by atoms with Crippen molar-refractivity contribution >= 4 is 29.2 Å². The summed E-state index contributed by atoms with van der Waals surface area (Å²) < 4.78 is 4.87. The number of nitrogens with one attached hydrogen (secondary N) is 1. The van der Waals surface area contributed by atoms with E-state index in [1.807, 2.05) is 6.07 Å². The van der Waals surface area contributed by atoms with Crippen molar-refractivity contribution in [3.8, 4) is 17.3 Å². The SMILES string of the molecule is CCOC(=O)c1n[nH]nc1-c1c(Cl)cc(C#N)cc1Cl. The van der Waals surface area contributed by atoms with E-state index in [1.165, 1.54) is 12.1 Å². The molecule has 0 saturated heterocycles. The van der Waals surface area contributed by atoms with Gasteiger partial charge < -0.3 is 4.74 Å². The van der Waals surface area contributed by atoms with Crippen molar-refractivity contribution in [1.82, 2.24) is 15.4 Å². The Kier molecular flexibility index (Phi) is 4.23. The summed E-state index contributed by atoms with van der Waals surface area (Å²) >= 11 is 12.2. The van der Waals surface area contributed by atoms with Crippen molar-refractivity contribution in [3.05, 3.63) is 33.4 Å². The van der Waals surface area contributed by atoms with Crippen molar-refractivity contribution < 1.29 is 9.53 Å². The minimum Gasteiger partial charge on any atom is -0.461 e. The molecule has 0 saturated carbocycles. The van der Waals surface area contributed by atoms with E-state index >= 15 is 0 Å². The van der Waals surface area contributed by atoms with Crippen LogP contribution in [0.5, 0.6) is 0 Å². The largest absolute Gasteiger partial charge is 0.461 e. The number of rotatable bonds is 3. The van der Waals surface area contributed by atoms with Gasteiger partial charge in [0.2, 0.25) is 0 Å². The second kappa shape index (κ2) is 5.90. The summed E-state index contributed by atoms with van der Waals surface area (Å²) in [6, 6.07) is 4.81. The Balaban J connectivity index is 2.56. The van der Waals surface area contributed by atoms with Crippen LogP contribution in [-0.4, -0.2) is 28.0 Å². The summed E-state index contributed by atoms with van der Waals surface area (Å²) in [6.45, 7) is 1.89. The molecule has 1 heterocycles. The van der Waals surface area contributed by atoms with Gasteiger partial charge in [0.25, 0.3) is 0 Å². The Hall–Kier alpha value is -2.10. The van der Waals surface area contributed by atoms with Crippen molar-refractivity contribution in [2.45, 2.75) is 6.92 Å². The maximum Gasteiger partial charge on any atom is 0.361 e. The van der Waals surface area contributed by atoms with E-state index in [1.54, 1.807) is 6.92 Å². The lowest BCUT2D eigenvalue weighted by molar-refractivity contribution is 0.0520. The summed E-state index contributed by atoms with van der Waals surface area (Å²) in [6.07, 6.45) is 0. The Morgan fingerprint density at radius 2 is 2.05 bits per heavy atom. The lowest BCUT2D eigenvalue weighted by atomic mass is 10.1. The van der Waals surface area contributed by atoms with Gasteiger partial charge in [0.1, 0.15) is 5.69 Å². The van der Waals surface area contributed by atoms with Gasteiger partial charge in [-0.15, -0.1) is 5.10 Å². The van der Waals surface area contributed by atoms with Crippen molar-refractivity contribution in [1.29, 1.82) is 5.26 Å². The summed E-state index contributed by atoms with van der Waals surface area (Å²) in [7, 11) is 0. The van der Waals surface area contributed by atoms with Gasteiger partial charge in [-0.3, -0.25) is 0 Å². The molecule has 102 valence electrons. The first kappa shape index (κ1) is 14.3. The summed E-state index contributed by atoms with van der Waals surface area (Å²) in [5, 5.41) is 19.2. The van der Waals surface area contributed by atoms with E-state index in [9.17, 15) is 4.79 Å². The lowest BCUT2D eigenvalue weighted by Crippen LogP contribution is -2.07. The highest BCUT2D eigenvalue weighted by atomic mass is 35.5. The molecule has 8 heteroatoms. The predicted molar refractivity (Wildman–Crippen MR) is 72.5 cm³/mol. The Labute approximate surface area is 124 Å². The number of benzene rings is 1. The molecule has 0 amide bonds. The summed E-state index contributed by atoms with van der Waals surface area (Å²) in [5.74, 6) is -0.632. The molecular weight excluding hydrogens is 303 g/mol. The highest BCUT2D eigenvalue weighted by Crippen LogP contribution is 2.35. The first-order valence-corrected chi connectivity index (χ1v) is 6.31. The van der Waals surface area contributed by atoms with Gasteiger partial charge in [-0.05, 0) is 19.1 Å². The first-order chi connectivity index (χ1) is 9.58. The average Bonchev–Trinajstić information content (AvgIpc) is 2.87. The zero-order valence-corrected chi connectivity index (χ0v) is 11.8. The first-order valence-electron chi connectivity index (χ1n) is 5.55. The van der Waals surface area contributed by atoms with Gasteiger partial charge in [0.15, 0.2) is 5.69 Å². The van der Waals surface area contributed by atoms with Gasteiger partial charge >= 0.3 is 5.97 Å². The molecule has 0 fully saturated rings. The highest BCUT2D eigenvalue weighted by molar-refractivity contribution is 6.39. The number of esters is 1. The number of aromatic nitrogens is 3. The fourth-order valence-corrected chi connectivity index (χ4v) is 2.28. The van der Waals surface area contributed by atoms with Crippen LogP contribution in [0.25, 0.3) is 11.3 Å². The number of aromatic amines is 1. The van der Waals surface area contributed by atoms with E-state index < -0.39 is 5.97 Å². The number of nitrogens with zero attached hydrogens (tertiary/aromatic N) is 3. The van der Waals surface area contributed by atoms with Crippen LogP contribution in [-0.2, 0) is 4.74 Å². The van der Waals surface area contributed by atoms with E-state index in [2.05, 4.69) is 15.4 Å². The smallest absolute Gasteiger partial charge is 0.361 e. The molecule has 1 N–H and O–H groups in total. The van der Waals surface area contributed by atoms with E-state index in [0.29, 0.717) is 11.1 Å². The van der Waals surface area contributed by atoms with Gasteiger partial charge in [0.05, 0.1) is 28.3 Å². The van der Waals surface area contributed by atoms with Crippen LogP contribution in [0.4, 0.5) is 0 Å². The van der Waals surface area contributed by atoms with Crippen LogP contribution in [0.15, 0.2) is 12.1 Å². The van der Waals surface area contributed by atoms with Gasteiger partial charge in [0, 0.05) is 5.56 Å². The molecule has 0 bridgehead atoms. The van der Waals surface area contributed by atoms with Gasteiger partial charge in [-0.1, -0.05) is 23.2 Å². The molecule has 0 atom stereocenters. The highest BCUT2D eigenvalue weighted by Gasteiger charge is 2.23. The Morgan fingerprint density at radius 3 is 2.60 bits per heavy atom. The topological polar surface area (TPSA) is 91.7 Å². The normalized spacial score (nSPS) is 10.1. The monoisotopic (exact) mass is 310 g/mol. The zero-order valence-electron chi connectivity index (χ0n) is 10.3. The number of hydrogen-bond acceptors (Lipinski definition) is 5. The van der Waals surface area contributed by atoms with Crippen LogP contribution < -0.4 is 0 Å². The Bertz CT molecular complexity index is 683. The molecule has 20 heavy (non-hydrogen) atoms. The van der Waals surface area contributed by atoms with Crippen molar-refractivity contribution in [2.24, 2.45) is 0 Å². The Morgan fingerprint density at radius 1 is 1.40 bits per heavy atom. The number of halogens is 2. The number of carbonyl (C=O) groups excluding carboxylic acids is 1. The van der Waals surface area contributed by atoms with Crippen LogP contribution in [0, 0.1) is 11.3 Å². The molecule has 0 spiro atoms.